The first-order valence-corrected chi connectivity index (χ1v) is 8.19. The lowest BCUT2D eigenvalue weighted by Crippen LogP contribution is -2.12. The minimum absolute atomic E-state index is 0.301. The van der Waals surface area contributed by atoms with Gasteiger partial charge >= 0.3 is 0 Å². The van der Waals surface area contributed by atoms with E-state index in [1.165, 1.54) is 31.6 Å². The molecule has 2 aromatic rings. The highest BCUT2D eigenvalue weighted by Gasteiger charge is 2.16. The summed E-state index contributed by atoms with van der Waals surface area (Å²) in [6.45, 7) is 4.20. The normalized spacial score (nSPS) is 10.7. The van der Waals surface area contributed by atoms with Crippen LogP contribution in [0.4, 0.5) is 5.13 Å². The van der Waals surface area contributed by atoms with E-state index < -0.39 is 0 Å². The number of nitrogens with zero attached hydrogens (tertiary/aromatic N) is 2. The number of hydrogen-bond donors (Lipinski definition) is 1. The number of aromatic nitrogens is 2. The molecular formula is C15H18ClN3O3S. The third kappa shape index (κ3) is 4.33. The third-order valence-electron chi connectivity index (χ3n) is 2.97. The number of ether oxygens (including phenoxy) is 2. The Morgan fingerprint density at radius 3 is 2.65 bits per heavy atom. The third-order valence-corrected chi connectivity index (χ3v) is 4.11. The van der Waals surface area contributed by atoms with Crippen LogP contribution < -0.4 is 14.8 Å². The van der Waals surface area contributed by atoms with Crippen molar-refractivity contribution in [2.75, 3.05) is 19.5 Å². The van der Waals surface area contributed by atoms with Crippen LogP contribution in [0.25, 0.3) is 0 Å². The van der Waals surface area contributed by atoms with E-state index in [1.54, 1.807) is 6.07 Å². The van der Waals surface area contributed by atoms with Crippen LogP contribution in [0.3, 0.4) is 0 Å². The first kappa shape index (κ1) is 17.5. The highest BCUT2D eigenvalue weighted by atomic mass is 35.5. The quantitative estimate of drug-likeness (QED) is 0.856. The first-order chi connectivity index (χ1) is 10.9. The van der Waals surface area contributed by atoms with Gasteiger partial charge in [0.05, 0.1) is 19.2 Å². The number of nitrogens with one attached hydrogen (secondary N) is 1. The molecule has 0 aliphatic heterocycles. The fourth-order valence-electron chi connectivity index (χ4n) is 1.95. The number of hydrogen-bond acceptors (Lipinski definition) is 6. The Morgan fingerprint density at radius 2 is 2.04 bits per heavy atom. The fourth-order valence-corrected chi connectivity index (χ4v) is 3.19. The number of rotatable bonds is 6. The molecule has 0 fully saturated rings. The van der Waals surface area contributed by atoms with E-state index in [0.29, 0.717) is 33.1 Å². The molecule has 124 valence electrons. The van der Waals surface area contributed by atoms with E-state index in [1.807, 2.05) is 0 Å². The van der Waals surface area contributed by atoms with Crippen molar-refractivity contribution in [3.05, 3.63) is 27.7 Å². The number of halogens is 1. The number of amides is 1. The molecule has 1 amide bonds. The predicted octanol–water partition coefficient (Wildman–Crippen LogP) is 3.66. The molecule has 0 atom stereocenters. The maximum absolute atomic E-state index is 12.3. The summed E-state index contributed by atoms with van der Waals surface area (Å²) in [5, 5.41) is 12.4. The van der Waals surface area contributed by atoms with Gasteiger partial charge in [-0.05, 0) is 18.1 Å². The van der Waals surface area contributed by atoms with Crippen LogP contribution in [-0.2, 0) is 6.42 Å². The molecule has 1 N–H and O–H groups in total. The van der Waals surface area contributed by atoms with Gasteiger partial charge in [0.25, 0.3) is 5.91 Å². The maximum Gasteiger partial charge on any atom is 0.257 e. The molecular weight excluding hydrogens is 338 g/mol. The van der Waals surface area contributed by atoms with Gasteiger partial charge in [0.15, 0.2) is 11.5 Å². The fraction of sp³-hybridized carbons (Fsp3) is 0.400. The number of benzene rings is 1. The Hall–Kier alpha value is -1.86. The van der Waals surface area contributed by atoms with E-state index in [2.05, 4.69) is 29.4 Å². The Labute approximate surface area is 143 Å². The van der Waals surface area contributed by atoms with Gasteiger partial charge in [0.1, 0.15) is 5.01 Å². The zero-order valence-electron chi connectivity index (χ0n) is 13.3. The van der Waals surface area contributed by atoms with Gasteiger partial charge in [-0.15, -0.1) is 10.2 Å². The second kappa shape index (κ2) is 7.61. The molecule has 8 heteroatoms. The van der Waals surface area contributed by atoms with Crippen molar-refractivity contribution >= 4 is 34.0 Å². The SMILES string of the molecule is COc1cc(C(=O)Nc2nnc(CC(C)C)s2)cc(Cl)c1OC. The molecule has 0 saturated heterocycles. The minimum atomic E-state index is -0.333. The van der Waals surface area contributed by atoms with Crippen molar-refractivity contribution in [2.24, 2.45) is 5.92 Å². The largest absolute Gasteiger partial charge is 0.493 e. The molecule has 1 aromatic carbocycles. The number of carbonyl (C=O) groups is 1. The van der Waals surface area contributed by atoms with E-state index >= 15 is 0 Å². The second-order valence-corrected chi connectivity index (χ2v) is 6.72. The molecule has 0 aliphatic carbocycles. The molecule has 0 radical (unpaired) electrons. The summed E-state index contributed by atoms with van der Waals surface area (Å²) in [4.78, 5) is 12.3. The molecule has 0 spiro atoms. The zero-order chi connectivity index (χ0) is 17.0. The van der Waals surface area contributed by atoms with Crippen LogP contribution in [-0.4, -0.2) is 30.3 Å². The van der Waals surface area contributed by atoms with Gasteiger partial charge < -0.3 is 9.47 Å². The van der Waals surface area contributed by atoms with E-state index in [-0.39, 0.29) is 5.91 Å². The van der Waals surface area contributed by atoms with Crippen LogP contribution in [0.5, 0.6) is 11.5 Å². The minimum Gasteiger partial charge on any atom is -0.493 e. The average molecular weight is 356 g/mol. The van der Waals surface area contributed by atoms with Crippen molar-refractivity contribution in [1.82, 2.24) is 10.2 Å². The molecule has 1 heterocycles. The lowest BCUT2D eigenvalue weighted by atomic mass is 10.1. The van der Waals surface area contributed by atoms with Crippen molar-refractivity contribution in [1.29, 1.82) is 0 Å². The first-order valence-electron chi connectivity index (χ1n) is 6.99. The Bertz CT molecular complexity index is 703. The summed E-state index contributed by atoms with van der Waals surface area (Å²) in [6.07, 6.45) is 0.829. The number of methoxy groups -OCH3 is 2. The average Bonchev–Trinajstić information content (AvgIpc) is 2.92. The van der Waals surface area contributed by atoms with Crippen molar-refractivity contribution in [2.45, 2.75) is 20.3 Å². The number of anilines is 1. The molecule has 6 nitrogen and oxygen atoms in total. The summed E-state index contributed by atoms with van der Waals surface area (Å²) in [7, 11) is 2.97. The Morgan fingerprint density at radius 1 is 1.30 bits per heavy atom. The van der Waals surface area contributed by atoms with E-state index in [0.717, 1.165) is 11.4 Å². The highest BCUT2D eigenvalue weighted by molar-refractivity contribution is 7.15. The van der Waals surface area contributed by atoms with Crippen molar-refractivity contribution in [3.8, 4) is 11.5 Å². The van der Waals surface area contributed by atoms with Crippen molar-refractivity contribution in [3.63, 3.8) is 0 Å². The van der Waals surface area contributed by atoms with Crippen LogP contribution in [0.15, 0.2) is 12.1 Å². The molecule has 0 aliphatic rings. The molecule has 1 aromatic heterocycles. The zero-order valence-corrected chi connectivity index (χ0v) is 14.9. The van der Waals surface area contributed by atoms with Gasteiger partial charge in [0, 0.05) is 12.0 Å². The lowest BCUT2D eigenvalue weighted by molar-refractivity contribution is 0.102. The molecule has 0 bridgehead atoms. The standard InChI is InChI=1S/C15H18ClN3O3S/c1-8(2)5-12-18-19-15(23-12)17-14(20)9-6-10(16)13(22-4)11(7-9)21-3/h6-8H,5H2,1-4H3,(H,17,19,20). The summed E-state index contributed by atoms with van der Waals surface area (Å²) < 4.78 is 10.3. The van der Waals surface area contributed by atoms with E-state index in [9.17, 15) is 4.79 Å². The summed E-state index contributed by atoms with van der Waals surface area (Å²) in [6, 6.07) is 3.09. The summed E-state index contributed by atoms with van der Waals surface area (Å²) in [5.41, 5.74) is 0.355. The monoisotopic (exact) mass is 355 g/mol. The smallest absolute Gasteiger partial charge is 0.257 e. The molecule has 23 heavy (non-hydrogen) atoms. The van der Waals surface area contributed by atoms with Crippen LogP contribution in [0.2, 0.25) is 5.02 Å². The van der Waals surface area contributed by atoms with Gasteiger partial charge in [0.2, 0.25) is 5.13 Å². The molecule has 0 unspecified atom stereocenters. The highest BCUT2D eigenvalue weighted by Crippen LogP contribution is 2.36. The van der Waals surface area contributed by atoms with E-state index in [4.69, 9.17) is 21.1 Å². The van der Waals surface area contributed by atoms with Gasteiger partial charge in [-0.1, -0.05) is 36.8 Å². The summed E-state index contributed by atoms with van der Waals surface area (Å²) >= 11 is 7.47. The second-order valence-electron chi connectivity index (χ2n) is 5.25. The Balaban J connectivity index is 2.17. The molecule has 0 saturated carbocycles. The van der Waals surface area contributed by atoms with Gasteiger partial charge in [-0.3, -0.25) is 10.1 Å². The van der Waals surface area contributed by atoms with Crippen LogP contribution >= 0.6 is 22.9 Å². The predicted molar refractivity (Wildman–Crippen MR) is 91.0 cm³/mol. The molecule has 2 rings (SSSR count). The van der Waals surface area contributed by atoms with Crippen LogP contribution in [0, 0.1) is 5.92 Å². The van der Waals surface area contributed by atoms with Crippen LogP contribution in [0.1, 0.15) is 29.2 Å². The Kier molecular flexibility index (Phi) is 5.79. The maximum atomic E-state index is 12.3. The summed E-state index contributed by atoms with van der Waals surface area (Å²) in [5.74, 6) is 0.931. The van der Waals surface area contributed by atoms with Gasteiger partial charge in [-0.25, -0.2) is 0 Å². The van der Waals surface area contributed by atoms with Crippen molar-refractivity contribution < 1.29 is 14.3 Å². The van der Waals surface area contributed by atoms with Gasteiger partial charge in [-0.2, -0.15) is 0 Å². The topological polar surface area (TPSA) is 73.3 Å². The lowest BCUT2D eigenvalue weighted by Gasteiger charge is -2.11. The number of carbonyl (C=O) groups excluding carboxylic acids is 1.